The Morgan fingerprint density at radius 1 is 1.00 bits per heavy atom. The van der Waals surface area contributed by atoms with Crippen molar-refractivity contribution in [1.82, 2.24) is 0 Å². The number of hydrogen-bond acceptors (Lipinski definition) is 10. The molecule has 0 unspecified atom stereocenters. The standard InChI is InChI=1S/C22H22O10/c1-29-11-4-2-10(3-5-11)13-9-30-15-7-12(6-14(24)17(15)18(13)25)31-22-21(28)20(27)19(26)16(8-23)32-22/h2-7,9,16,19-24,26-28H,8H2,1H3/t16-,19-,20-,21-,22-/m1/s1. The fourth-order valence-corrected chi connectivity index (χ4v) is 3.54. The van der Waals surface area contributed by atoms with Crippen LogP contribution in [-0.4, -0.2) is 70.0 Å². The number of aromatic hydroxyl groups is 1. The Kier molecular flexibility index (Phi) is 6.04. The number of benzene rings is 2. The molecule has 5 atom stereocenters. The first kappa shape index (κ1) is 22.1. The second-order valence-corrected chi connectivity index (χ2v) is 7.34. The average Bonchev–Trinajstić information content (AvgIpc) is 2.79. The van der Waals surface area contributed by atoms with Gasteiger partial charge in [-0.15, -0.1) is 0 Å². The Morgan fingerprint density at radius 2 is 1.72 bits per heavy atom. The average molecular weight is 446 g/mol. The molecular weight excluding hydrogens is 424 g/mol. The fourth-order valence-electron chi connectivity index (χ4n) is 3.54. The molecule has 4 rings (SSSR count). The molecule has 0 saturated carbocycles. The van der Waals surface area contributed by atoms with Gasteiger partial charge in [-0.3, -0.25) is 4.79 Å². The Labute approximate surface area is 181 Å². The lowest BCUT2D eigenvalue weighted by molar-refractivity contribution is -0.277. The van der Waals surface area contributed by atoms with E-state index in [2.05, 4.69) is 0 Å². The second kappa shape index (κ2) is 8.77. The number of aliphatic hydroxyl groups excluding tert-OH is 4. The van der Waals surface area contributed by atoms with Gasteiger partial charge in [0, 0.05) is 12.1 Å². The number of aliphatic hydroxyl groups is 4. The topological polar surface area (TPSA) is 159 Å². The van der Waals surface area contributed by atoms with Gasteiger partial charge >= 0.3 is 0 Å². The number of ether oxygens (including phenoxy) is 3. The molecule has 0 spiro atoms. The molecule has 10 heteroatoms. The summed E-state index contributed by atoms with van der Waals surface area (Å²) in [6, 6.07) is 9.20. The van der Waals surface area contributed by atoms with Crippen molar-refractivity contribution in [3.8, 4) is 28.4 Å². The molecule has 3 aromatic rings. The number of rotatable bonds is 5. The minimum absolute atomic E-state index is 0.0202. The van der Waals surface area contributed by atoms with E-state index in [0.29, 0.717) is 11.3 Å². The predicted octanol–water partition coefficient (Wildman–Crippen LogP) is 0.353. The van der Waals surface area contributed by atoms with Crippen LogP contribution < -0.4 is 14.9 Å². The van der Waals surface area contributed by atoms with Crippen LogP contribution in [0.3, 0.4) is 0 Å². The molecule has 5 N–H and O–H groups in total. The molecule has 10 nitrogen and oxygen atoms in total. The van der Waals surface area contributed by atoms with Gasteiger partial charge in [0.2, 0.25) is 11.7 Å². The Hall–Kier alpha value is -3.15. The van der Waals surface area contributed by atoms with Gasteiger partial charge in [-0.25, -0.2) is 0 Å². The van der Waals surface area contributed by atoms with Gasteiger partial charge in [0.1, 0.15) is 58.9 Å². The smallest absolute Gasteiger partial charge is 0.229 e. The molecule has 1 saturated heterocycles. The van der Waals surface area contributed by atoms with Crippen LogP contribution in [0.15, 0.2) is 51.9 Å². The first-order valence-electron chi connectivity index (χ1n) is 9.74. The molecule has 170 valence electrons. The number of phenolic OH excluding ortho intramolecular Hbond substituents is 1. The molecule has 0 aliphatic carbocycles. The van der Waals surface area contributed by atoms with Crippen LogP contribution in [0, 0.1) is 0 Å². The van der Waals surface area contributed by atoms with Crippen molar-refractivity contribution < 1.29 is 44.2 Å². The largest absolute Gasteiger partial charge is 0.507 e. The van der Waals surface area contributed by atoms with Gasteiger partial charge in [-0.2, -0.15) is 0 Å². The molecule has 0 radical (unpaired) electrons. The highest BCUT2D eigenvalue weighted by Gasteiger charge is 2.44. The monoisotopic (exact) mass is 446 g/mol. The Balaban J connectivity index is 1.66. The highest BCUT2D eigenvalue weighted by Crippen LogP contribution is 2.32. The second-order valence-electron chi connectivity index (χ2n) is 7.34. The summed E-state index contributed by atoms with van der Waals surface area (Å²) in [5, 5.41) is 49.6. The summed E-state index contributed by atoms with van der Waals surface area (Å²) in [5.74, 6) is 0.169. The molecule has 0 amide bonds. The van der Waals surface area contributed by atoms with Crippen molar-refractivity contribution >= 4 is 11.0 Å². The zero-order valence-electron chi connectivity index (χ0n) is 16.9. The first-order valence-corrected chi connectivity index (χ1v) is 9.74. The lowest BCUT2D eigenvalue weighted by Crippen LogP contribution is -2.60. The third-order valence-corrected chi connectivity index (χ3v) is 5.33. The van der Waals surface area contributed by atoms with E-state index in [1.807, 2.05) is 0 Å². The lowest BCUT2D eigenvalue weighted by Gasteiger charge is -2.39. The summed E-state index contributed by atoms with van der Waals surface area (Å²) < 4.78 is 21.4. The van der Waals surface area contributed by atoms with Gasteiger partial charge < -0.3 is 44.2 Å². The molecule has 0 bridgehead atoms. The quantitative estimate of drug-likeness (QED) is 0.370. The maximum atomic E-state index is 13.0. The zero-order valence-corrected chi connectivity index (χ0v) is 16.9. The Morgan fingerprint density at radius 3 is 2.38 bits per heavy atom. The zero-order chi connectivity index (χ0) is 23.0. The first-order chi connectivity index (χ1) is 15.3. The van der Waals surface area contributed by atoms with E-state index in [9.17, 15) is 30.3 Å². The normalized spacial score (nSPS) is 25.6. The lowest BCUT2D eigenvalue weighted by atomic mass is 9.99. The Bertz CT molecular complexity index is 1150. The van der Waals surface area contributed by atoms with Crippen molar-refractivity contribution in [1.29, 1.82) is 0 Å². The van der Waals surface area contributed by atoms with Crippen LogP contribution in [0.4, 0.5) is 0 Å². The van der Waals surface area contributed by atoms with Crippen LogP contribution in [0.2, 0.25) is 0 Å². The molecule has 1 aliphatic heterocycles. The minimum Gasteiger partial charge on any atom is -0.507 e. The van der Waals surface area contributed by atoms with Crippen molar-refractivity contribution in [3.63, 3.8) is 0 Å². The predicted molar refractivity (Wildman–Crippen MR) is 111 cm³/mol. The number of phenols is 1. The van der Waals surface area contributed by atoms with Gasteiger partial charge in [0.25, 0.3) is 0 Å². The van der Waals surface area contributed by atoms with E-state index in [0.717, 1.165) is 6.07 Å². The third-order valence-electron chi connectivity index (χ3n) is 5.33. The summed E-state index contributed by atoms with van der Waals surface area (Å²) >= 11 is 0. The van der Waals surface area contributed by atoms with Gasteiger partial charge in [0.05, 0.1) is 19.3 Å². The SMILES string of the molecule is COc1ccc(-c2coc3cc(O[C@@H]4O[C@H](CO)[C@@H](O)[C@@H](O)[C@H]4O)cc(O)c3c2=O)cc1. The molecule has 1 fully saturated rings. The van der Waals surface area contributed by atoms with E-state index in [1.54, 1.807) is 24.3 Å². The van der Waals surface area contributed by atoms with E-state index < -0.39 is 48.5 Å². The number of fused-ring (bicyclic) bond motifs is 1. The molecule has 32 heavy (non-hydrogen) atoms. The fraction of sp³-hybridized carbons (Fsp3) is 0.318. The minimum atomic E-state index is -1.63. The maximum Gasteiger partial charge on any atom is 0.229 e. The van der Waals surface area contributed by atoms with Crippen molar-refractivity contribution in [3.05, 3.63) is 52.9 Å². The maximum absolute atomic E-state index is 13.0. The van der Waals surface area contributed by atoms with Crippen LogP contribution in [0.5, 0.6) is 17.2 Å². The van der Waals surface area contributed by atoms with Crippen LogP contribution in [-0.2, 0) is 4.74 Å². The number of hydrogen-bond donors (Lipinski definition) is 5. The van der Waals surface area contributed by atoms with E-state index in [-0.39, 0.29) is 22.3 Å². The highest BCUT2D eigenvalue weighted by molar-refractivity contribution is 5.88. The number of methoxy groups -OCH3 is 1. The molecule has 1 aliphatic rings. The van der Waals surface area contributed by atoms with E-state index >= 15 is 0 Å². The van der Waals surface area contributed by atoms with Gasteiger partial charge in [0.15, 0.2) is 0 Å². The molecule has 2 aromatic carbocycles. The molecule has 1 aromatic heterocycles. The summed E-state index contributed by atoms with van der Waals surface area (Å²) in [7, 11) is 1.53. The van der Waals surface area contributed by atoms with Crippen LogP contribution >= 0.6 is 0 Å². The van der Waals surface area contributed by atoms with Crippen LogP contribution in [0.1, 0.15) is 0 Å². The molecule has 2 heterocycles. The third kappa shape index (κ3) is 3.90. The van der Waals surface area contributed by atoms with Gasteiger partial charge in [-0.05, 0) is 17.7 Å². The van der Waals surface area contributed by atoms with Gasteiger partial charge in [-0.1, -0.05) is 12.1 Å². The van der Waals surface area contributed by atoms with Crippen LogP contribution in [0.25, 0.3) is 22.1 Å². The van der Waals surface area contributed by atoms with Crippen molar-refractivity contribution in [2.24, 2.45) is 0 Å². The van der Waals surface area contributed by atoms with E-state index in [1.165, 1.54) is 19.4 Å². The highest BCUT2D eigenvalue weighted by atomic mass is 16.7. The molecular formula is C22H22O10. The van der Waals surface area contributed by atoms with E-state index in [4.69, 9.17) is 18.6 Å². The summed E-state index contributed by atoms with van der Waals surface area (Å²) in [4.78, 5) is 13.0. The summed E-state index contributed by atoms with van der Waals surface area (Å²) in [6.45, 7) is -0.614. The summed E-state index contributed by atoms with van der Waals surface area (Å²) in [5.41, 5.74) is 0.362. The summed E-state index contributed by atoms with van der Waals surface area (Å²) in [6.07, 6.45) is -6.14. The van der Waals surface area contributed by atoms with Crippen molar-refractivity contribution in [2.45, 2.75) is 30.7 Å². The van der Waals surface area contributed by atoms with Crippen molar-refractivity contribution in [2.75, 3.05) is 13.7 Å².